The maximum absolute atomic E-state index is 14.6. The Kier molecular flexibility index (Phi) is 7.10. The van der Waals surface area contributed by atoms with E-state index in [2.05, 4.69) is 15.6 Å². The molecule has 0 saturated carbocycles. The van der Waals surface area contributed by atoms with Crippen LogP contribution in [0.25, 0.3) is 11.1 Å². The van der Waals surface area contributed by atoms with Crippen LogP contribution in [0.2, 0.25) is 0 Å². The molecule has 8 heteroatoms. The van der Waals surface area contributed by atoms with Crippen LogP contribution in [0.3, 0.4) is 0 Å². The third-order valence-corrected chi connectivity index (χ3v) is 5.34. The van der Waals surface area contributed by atoms with Gasteiger partial charge < -0.3 is 10.6 Å². The molecule has 1 amide bonds. The highest BCUT2D eigenvalue weighted by molar-refractivity contribution is 6.08. The highest BCUT2D eigenvalue weighted by atomic mass is 19.4. The Balaban J connectivity index is 1.45. The van der Waals surface area contributed by atoms with Crippen LogP contribution in [0.1, 0.15) is 21.6 Å². The minimum Gasteiger partial charge on any atom is -0.382 e. The SMILES string of the molecule is O=C(Nc1ccc(NCCc2ccccn2)c(F)c1)c1ccccc1-c1ccc(C(F)(F)F)cc1. The van der Waals surface area contributed by atoms with Gasteiger partial charge in [-0.25, -0.2) is 4.39 Å². The van der Waals surface area contributed by atoms with Crippen molar-refractivity contribution in [1.29, 1.82) is 0 Å². The van der Waals surface area contributed by atoms with E-state index in [0.717, 1.165) is 17.8 Å². The van der Waals surface area contributed by atoms with E-state index in [1.165, 1.54) is 24.3 Å². The summed E-state index contributed by atoms with van der Waals surface area (Å²) in [5, 5.41) is 5.67. The van der Waals surface area contributed by atoms with E-state index in [1.54, 1.807) is 36.5 Å². The molecule has 35 heavy (non-hydrogen) atoms. The lowest BCUT2D eigenvalue weighted by Crippen LogP contribution is -2.14. The lowest BCUT2D eigenvalue weighted by Gasteiger charge is -2.13. The number of benzene rings is 3. The molecule has 2 N–H and O–H groups in total. The van der Waals surface area contributed by atoms with Gasteiger partial charge in [-0.2, -0.15) is 13.2 Å². The molecular formula is C27H21F4N3O. The second-order valence-electron chi connectivity index (χ2n) is 7.77. The smallest absolute Gasteiger partial charge is 0.382 e. The average molecular weight is 479 g/mol. The quantitative estimate of drug-likeness (QED) is 0.286. The summed E-state index contributed by atoms with van der Waals surface area (Å²) >= 11 is 0. The van der Waals surface area contributed by atoms with Gasteiger partial charge in [0.2, 0.25) is 0 Å². The van der Waals surface area contributed by atoms with E-state index in [-0.39, 0.29) is 11.3 Å². The highest BCUT2D eigenvalue weighted by Gasteiger charge is 2.30. The summed E-state index contributed by atoms with van der Waals surface area (Å²) in [6.07, 6.45) is -2.12. The van der Waals surface area contributed by atoms with E-state index >= 15 is 0 Å². The second kappa shape index (κ2) is 10.4. The molecular weight excluding hydrogens is 458 g/mol. The van der Waals surface area contributed by atoms with Crippen LogP contribution >= 0.6 is 0 Å². The van der Waals surface area contributed by atoms with Crippen molar-refractivity contribution in [3.05, 3.63) is 114 Å². The standard InChI is InChI=1S/C27H21F4N3O/c28-24-17-21(12-13-25(24)33-16-14-20-5-3-4-15-32-20)34-26(35)23-7-2-1-6-22(23)18-8-10-19(11-9-18)27(29,30)31/h1-13,15,17,33H,14,16H2,(H,34,35). The van der Waals surface area contributed by atoms with Crippen molar-refractivity contribution in [2.24, 2.45) is 0 Å². The first-order valence-corrected chi connectivity index (χ1v) is 10.8. The zero-order valence-corrected chi connectivity index (χ0v) is 18.4. The number of pyridine rings is 1. The summed E-state index contributed by atoms with van der Waals surface area (Å²) in [7, 11) is 0. The van der Waals surface area contributed by atoms with E-state index in [9.17, 15) is 22.4 Å². The number of rotatable bonds is 7. The molecule has 0 atom stereocenters. The molecule has 0 unspecified atom stereocenters. The molecule has 0 bridgehead atoms. The van der Waals surface area contributed by atoms with Crippen molar-refractivity contribution in [2.75, 3.05) is 17.2 Å². The summed E-state index contributed by atoms with van der Waals surface area (Å²) in [5.74, 6) is -1.03. The van der Waals surface area contributed by atoms with Crippen molar-refractivity contribution in [2.45, 2.75) is 12.6 Å². The first-order valence-electron chi connectivity index (χ1n) is 10.8. The van der Waals surface area contributed by atoms with Crippen LogP contribution in [0.5, 0.6) is 0 Å². The Morgan fingerprint density at radius 1 is 0.886 bits per heavy atom. The van der Waals surface area contributed by atoms with Crippen LogP contribution in [0.15, 0.2) is 91.1 Å². The molecule has 4 rings (SSSR count). The lowest BCUT2D eigenvalue weighted by molar-refractivity contribution is -0.137. The number of anilines is 2. The maximum atomic E-state index is 14.6. The number of halogens is 4. The first-order chi connectivity index (χ1) is 16.8. The number of alkyl halides is 3. The minimum absolute atomic E-state index is 0.255. The fraction of sp³-hybridized carbons (Fsp3) is 0.111. The number of aromatic nitrogens is 1. The Bertz CT molecular complexity index is 1310. The molecule has 1 aromatic heterocycles. The Labute approximate surface area is 199 Å². The first kappa shape index (κ1) is 23.9. The number of nitrogens with zero attached hydrogens (tertiary/aromatic N) is 1. The monoisotopic (exact) mass is 479 g/mol. The Hall–Kier alpha value is -4.20. The average Bonchev–Trinajstić information content (AvgIpc) is 2.85. The van der Waals surface area contributed by atoms with Crippen LogP contribution in [0, 0.1) is 5.82 Å². The van der Waals surface area contributed by atoms with Crippen LogP contribution < -0.4 is 10.6 Å². The van der Waals surface area contributed by atoms with Crippen molar-refractivity contribution >= 4 is 17.3 Å². The van der Waals surface area contributed by atoms with Crippen molar-refractivity contribution in [3.63, 3.8) is 0 Å². The normalized spacial score (nSPS) is 11.2. The van der Waals surface area contributed by atoms with Gasteiger partial charge in [0.05, 0.1) is 11.3 Å². The number of amides is 1. The van der Waals surface area contributed by atoms with Crippen molar-refractivity contribution < 1.29 is 22.4 Å². The van der Waals surface area contributed by atoms with Gasteiger partial charge in [-0.05, 0) is 59.7 Å². The fourth-order valence-electron chi connectivity index (χ4n) is 3.58. The predicted octanol–water partition coefficient (Wildman–Crippen LogP) is 6.81. The molecule has 0 aliphatic heterocycles. The van der Waals surface area contributed by atoms with Crippen LogP contribution in [-0.2, 0) is 12.6 Å². The molecule has 4 aromatic rings. The number of hydrogen-bond acceptors (Lipinski definition) is 3. The van der Waals surface area contributed by atoms with Gasteiger partial charge >= 0.3 is 6.18 Å². The largest absolute Gasteiger partial charge is 0.416 e. The number of hydrogen-bond donors (Lipinski definition) is 2. The zero-order chi connectivity index (χ0) is 24.8. The Morgan fingerprint density at radius 3 is 2.31 bits per heavy atom. The molecule has 0 saturated heterocycles. The van der Waals surface area contributed by atoms with E-state index in [1.807, 2.05) is 18.2 Å². The number of nitrogens with one attached hydrogen (secondary N) is 2. The molecule has 0 aliphatic carbocycles. The van der Waals surface area contributed by atoms with Crippen LogP contribution in [-0.4, -0.2) is 17.4 Å². The van der Waals surface area contributed by atoms with E-state index in [0.29, 0.717) is 29.8 Å². The summed E-state index contributed by atoms with van der Waals surface area (Å²) in [6, 6.07) is 21.0. The molecule has 0 radical (unpaired) electrons. The topological polar surface area (TPSA) is 54.0 Å². The third kappa shape index (κ3) is 6.03. The molecule has 0 spiro atoms. The van der Waals surface area contributed by atoms with E-state index < -0.39 is 23.5 Å². The molecule has 178 valence electrons. The summed E-state index contributed by atoms with van der Waals surface area (Å²) in [5.41, 5.74) is 1.84. The van der Waals surface area contributed by atoms with Gasteiger partial charge in [-0.15, -0.1) is 0 Å². The van der Waals surface area contributed by atoms with Gasteiger partial charge in [-0.3, -0.25) is 9.78 Å². The maximum Gasteiger partial charge on any atom is 0.416 e. The van der Waals surface area contributed by atoms with Gasteiger partial charge in [0, 0.05) is 36.1 Å². The van der Waals surface area contributed by atoms with E-state index in [4.69, 9.17) is 0 Å². The van der Waals surface area contributed by atoms with Gasteiger partial charge in [0.1, 0.15) is 5.82 Å². The minimum atomic E-state index is -4.45. The summed E-state index contributed by atoms with van der Waals surface area (Å²) < 4.78 is 53.2. The fourth-order valence-corrected chi connectivity index (χ4v) is 3.58. The molecule has 3 aromatic carbocycles. The number of carbonyl (C=O) groups excluding carboxylic acids is 1. The summed E-state index contributed by atoms with van der Waals surface area (Å²) in [4.78, 5) is 17.1. The Morgan fingerprint density at radius 2 is 1.63 bits per heavy atom. The second-order valence-corrected chi connectivity index (χ2v) is 7.77. The van der Waals surface area contributed by atoms with Crippen molar-refractivity contribution in [3.8, 4) is 11.1 Å². The molecule has 0 fully saturated rings. The molecule has 0 aliphatic rings. The van der Waals surface area contributed by atoms with Gasteiger partial charge in [0.25, 0.3) is 5.91 Å². The number of carbonyl (C=O) groups is 1. The predicted molar refractivity (Wildman–Crippen MR) is 128 cm³/mol. The van der Waals surface area contributed by atoms with Crippen molar-refractivity contribution in [1.82, 2.24) is 4.98 Å². The molecule has 1 heterocycles. The van der Waals surface area contributed by atoms with Crippen LogP contribution in [0.4, 0.5) is 28.9 Å². The third-order valence-electron chi connectivity index (χ3n) is 5.34. The summed E-state index contributed by atoms with van der Waals surface area (Å²) in [6.45, 7) is 0.486. The molecule has 4 nitrogen and oxygen atoms in total. The van der Waals surface area contributed by atoms with Gasteiger partial charge in [-0.1, -0.05) is 36.4 Å². The highest BCUT2D eigenvalue weighted by Crippen LogP contribution is 2.32. The lowest BCUT2D eigenvalue weighted by atomic mass is 9.98. The zero-order valence-electron chi connectivity index (χ0n) is 18.4. The van der Waals surface area contributed by atoms with Gasteiger partial charge in [0.15, 0.2) is 0 Å².